The molecule has 3 saturated carbocycles. The van der Waals surface area contributed by atoms with Crippen LogP contribution in [0.4, 0.5) is 0 Å². The van der Waals surface area contributed by atoms with E-state index in [-0.39, 0.29) is 6.10 Å². The molecule has 0 amide bonds. The van der Waals surface area contributed by atoms with Gasteiger partial charge in [-0.05, 0) is 108 Å². The summed E-state index contributed by atoms with van der Waals surface area (Å²) in [4.78, 5) is 0. The number of hydrogen-bond donors (Lipinski definition) is 1. The Morgan fingerprint density at radius 3 is 2.72 bits per heavy atom. The third kappa shape index (κ3) is 4.15. The average molecular weight is 484 g/mol. The molecule has 4 aliphatic rings. The maximum absolute atomic E-state index is 10.3. The zero-order valence-corrected chi connectivity index (χ0v) is 21.4. The standard InChI is InChI=1S/C26H43BrOS/c1-18(2)6-4-5-7-19-9-11-23-22-10-8-20-16-21(28)12-15-26(20,17-29-27)24(22)13-14-25(19,23)3/h8,18-19,21-24,28H,4-7,9-17H2,1-3H3. The first kappa shape index (κ1) is 22.7. The molecule has 4 aliphatic carbocycles. The lowest BCUT2D eigenvalue weighted by atomic mass is 9.47. The molecular formula is C26H43BrOS. The van der Waals surface area contributed by atoms with Gasteiger partial charge in [0.2, 0.25) is 0 Å². The van der Waals surface area contributed by atoms with Gasteiger partial charge in [0.25, 0.3) is 0 Å². The highest BCUT2D eigenvalue weighted by Crippen LogP contribution is 2.67. The lowest BCUT2D eigenvalue weighted by Gasteiger charge is -2.59. The summed E-state index contributed by atoms with van der Waals surface area (Å²) in [5.74, 6) is 5.73. The van der Waals surface area contributed by atoms with Gasteiger partial charge >= 0.3 is 0 Å². The van der Waals surface area contributed by atoms with E-state index in [0.717, 1.165) is 42.4 Å². The Morgan fingerprint density at radius 1 is 1.14 bits per heavy atom. The van der Waals surface area contributed by atoms with Crippen LogP contribution >= 0.6 is 25.0 Å². The van der Waals surface area contributed by atoms with Gasteiger partial charge in [-0.3, -0.25) is 0 Å². The van der Waals surface area contributed by atoms with Gasteiger partial charge in [0.05, 0.1) is 6.10 Å². The topological polar surface area (TPSA) is 20.2 Å². The number of rotatable bonds is 7. The Morgan fingerprint density at radius 2 is 1.97 bits per heavy atom. The molecular weight excluding hydrogens is 440 g/mol. The van der Waals surface area contributed by atoms with E-state index in [4.69, 9.17) is 0 Å². The van der Waals surface area contributed by atoms with E-state index in [1.54, 1.807) is 5.57 Å². The number of allylic oxidation sites excluding steroid dienone is 1. The van der Waals surface area contributed by atoms with Gasteiger partial charge in [-0.25, -0.2) is 0 Å². The SMILES string of the molecule is CC(C)CCCCC1CCC2C3CC=C4CC(O)CCC4(CSBr)C3CCC12C. The summed E-state index contributed by atoms with van der Waals surface area (Å²) >= 11 is 3.72. The molecule has 3 heteroatoms. The monoisotopic (exact) mass is 482 g/mol. The second kappa shape index (κ2) is 9.18. The zero-order valence-electron chi connectivity index (χ0n) is 19.0. The van der Waals surface area contributed by atoms with Gasteiger partial charge in [-0.2, -0.15) is 0 Å². The van der Waals surface area contributed by atoms with Crippen LogP contribution in [0.25, 0.3) is 0 Å². The van der Waals surface area contributed by atoms with Crippen LogP contribution in [0.1, 0.15) is 97.8 Å². The van der Waals surface area contributed by atoms with Gasteiger partial charge in [0.15, 0.2) is 0 Å². The number of unbranched alkanes of at least 4 members (excludes halogenated alkanes) is 1. The largest absolute Gasteiger partial charge is 0.393 e. The molecule has 0 radical (unpaired) electrons. The fourth-order valence-corrected chi connectivity index (χ4v) is 10.3. The molecule has 1 nitrogen and oxygen atoms in total. The lowest BCUT2D eigenvalue weighted by molar-refractivity contribution is -0.0490. The van der Waals surface area contributed by atoms with Crippen LogP contribution in [0.2, 0.25) is 0 Å². The summed E-state index contributed by atoms with van der Waals surface area (Å²) < 4.78 is 0. The summed E-state index contributed by atoms with van der Waals surface area (Å²) in [6, 6.07) is 0. The van der Waals surface area contributed by atoms with E-state index in [1.165, 1.54) is 70.0 Å². The molecule has 0 heterocycles. The minimum atomic E-state index is -0.0955. The molecule has 3 fully saturated rings. The van der Waals surface area contributed by atoms with Crippen molar-refractivity contribution in [1.29, 1.82) is 0 Å². The molecule has 0 aromatic rings. The fourth-order valence-electron chi connectivity index (χ4n) is 8.33. The quantitative estimate of drug-likeness (QED) is 0.291. The van der Waals surface area contributed by atoms with Crippen LogP contribution in [0.15, 0.2) is 11.6 Å². The molecule has 4 rings (SSSR count). The molecule has 1 N–H and O–H groups in total. The molecule has 0 saturated heterocycles. The molecule has 7 atom stereocenters. The highest BCUT2D eigenvalue weighted by atomic mass is 79.9. The molecule has 0 aromatic heterocycles. The van der Waals surface area contributed by atoms with Crippen LogP contribution < -0.4 is 0 Å². The Hall–Kier alpha value is 0.530. The van der Waals surface area contributed by atoms with Gasteiger partial charge in [0, 0.05) is 11.2 Å². The number of aliphatic hydroxyl groups excluding tert-OH is 1. The first-order valence-electron chi connectivity index (χ1n) is 12.5. The van der Waals surface area contributed by atoms with Crippen molar-refractivity contribution in [2.75, 3.05) is 5.75 Å². The zero-order chi connectivity index (χ0) is 20.6. The Bertz CT molecular complexity index is 604. The normalized spacial score (nSPS) is 44.2. The fraction of sp³-hybridized carbons (Fsp3) is 0.923. The van der Waals surface area contributed by atoms with E-state index >= 15 is 0 Å². The smallest absolute Gasteiger partial charge is 0.0577 e. The summed E-state index contributed by atoms with van der Waals surface area (Å²) in [6.07, 6.45) is 18.6. The third-order valence-corrected chi connectivity index (χ3v) is 11.2. The van der Waals surface area contributed by atoms with Crippen molar-refractivity contribution in [2.45, 2.75) is 104 Å². The number of aliphatic hydroxyl groups is 1. The number of halogens is 1. The van der Waals surface area contributed by atoms with Crippen LogP contribution in [0.5, 0.6) is 0 Å². The minimum Gasteiger partial charge on any atom is -0.393 e. The van der Waals surface area contributed by atoms with E-state index in [2.05, 4.69) is 41.7 Å². The lowest BCUT2D eigenvalue weighted by Crippen LogP contribution is -2.52. The van der Waals surface area contributed by atoms with Gasteiger partial charge in [0.1, 0.15) is 0 Å². The van der Waals surface area contributed by atoms with Gasteiger partial charge in [-0.1, -0.05) is 61.9 Å². The highest BCUT2D eigenvalue weighted by molar-refractivity contribution is 9.50. The summed E-state index contributed by atoms with van der Waals surface area (Å²) in [5, 5.41) is 10.3. The van der Waals surface area contributed by atoms with Crippen molar-refractivity contribution in [1.82, 2.24) is 0 Å². The van der Waals surface area contributed by atoms with Crippen molar-refractivity contribution in [2.24, 2.45) is 40.4 Å². The molecule has 0 bridgehead atoms. The Kier molecular flexibility index (Phi) is 7.19. The van der Waals surface area contributed by atoms with E-state index in [0.29, 0.717) is 10.8 Å². The van der Waals surface area contributed by atoms with Crippen LogP contribution in [0, 0.1) is 40.4 Å². The molecule has 7 unspecified atom stereocenters. The van der Waals surface area contributed by atoms with E-state index < -0.39 is 0 Å². The summed E-state index contributed by atoms with van der Waals surface area (Å²) in [5.41, 5.74) is 2.59. The minimum absolute atomic E-state index is 0.0955. The number of fused-ring (bicyclic) bond motifs is 5. The predicted molar refractivity (Wildman–Crippen MR) is 130 cm³/mol. The Balaban J connectivity index is 1.49. The second-order valence-electron chi connectivity index (χ2n) is 11.6. The summed E-state index contributed by atoms with van der Waals surface area (Å²) in [7, 11) is 1.87. The van der Waals surface area contributed by atoms with Crippen LogP contribution in [0.3, 0.4) is 0 Å². The second-order valence-corrected chi connectivity index (χ2v) is 13.5. The van der Waals surface area contributed by atoms with Crippen molar-refractivity contribution in [3.05, 3.63) is 11.6 Å². The molecule has 166 valence electrons. The maximum Gasteiger partial charge on any atom is 0.0577 e. The van der Waals surface area contributed by atoms with Crippen molar-refractivity contribution < 1.29 is 5.11 Å². The average Bonchev–Trinajstić information content (AvgIpc) is 3.02. The third-order valence-electron chi connectivity index (χ3n) is 9.89. The van der Waals surface area contributed by atoms with E-state index in [9.17, 15) is 5.11 Å². The maximum atomic E-state index is 10.3. The van der Waals surface area contributed by atoms with Gasteiger partial charge in [-0.15, -0.1) is 0 Å². The van der Waals surface area contributed by atoms with E-state index in [1.807, 2.05) is 10.2 Å². The van der Waals surface area contributed by atoms with Crippen molar-refractivity contribution in [3.63, 3.8) is 0 Å². The first-order chi connectivity index (χ1) is 13.9. The van der Waals surface area contributed by atoms with Crippen molar-refractivity contribution >= 4 is 25.0 Å². The molecule has 29 heavy (non-hydrogen) atoms. The molecule has 0 aliphatic heterocycles. The van der Waals surface area contributed by atoms with Crippen molar-refractivity contribution in [3.8, 4) is 0 Å². The first-order valence-corrected chi connectivity index (χ1v) is 15.3. The predicted octanol–water partition coefficient (Wildman–Crippen LogP) is 8.17. The highest BCUT2D eigenvalue weighted by Gasteiger charge is 2.59. The molecule has 0 spiro atoms. The van der Waals surface area contributed by atoms with Crippen LogP contribution in [-0.2, 0) is 0 Å². The Labute approximate surface area is 191 Å². The van der Waals surface area contributed by atoms with Gasteiger partial charge < -0.3 is 5.11 Å². The molecule has 0 aromatic carbocycles. The van der Waals surface area contributed by atoms with Crippen LogP contribution in [-0.4, -0.2) is 17.0 Å². The number of hydrogen-bond acceptors (Lipinski definition) is 2. The summed E-state index contributed by atoms with van der Waals surface area (Å²) in [6.45, 7) is 7.42.